The van der Waals surface area contributed by atoms with Crippen molar-refractivity contribution in [1.29, 1.82) is 0 Å². The third kappa shape index (κ3) is 3.83. The van der Waals surface area contributed by atoms with Crippen LogP contribution < -0.4 is 0 Å². The highest BCUT2D eigenvalue weighted by Crippen LogP contribution is 2.15. The molecule has 1 saturated heterocycles. The van der Waals surface area contributed by atoms with E-state index in [4.69, 9.17) is 0 Å². The van der Waals surface area contributed by atoms with Gasteiger partial charge in [-0.2, -0.15) is 0 Å². The van der Waals surface area contributed by atoms with E-state index in [9.17, 15) is 0 Å². The monoisotopic (exact) mass is 232 g/mol. The number of nitrogens with zero attached hydrogens (tertiary/aromatic N) is 2. The molecule has 2 rings (SSSR count). The van der Waals surface area contributed by atoms with Gasteiger partial charge < -0.3 is 0 Å². The second-order valence-electron chi connectivity index (χ2n) is 4.89. The molecule has 0 bridgehead atoms. The highest BCUT2D eigenvalue weighted by atomic mass is 15.6. The van der Waals surface area contributed by atoms with Gasteiger partial charge in [-0.25, -0.2) is 10.0 Å². The van der Waals surface area contributed by atoms with Crippen molar-refractivity contribution in [3.05, 3.63) is 35.9 Å². The van der Waals surface area contributed by atoms with Crippen LogP contribution in [-0.4, -0.2) is 29.7 Å². The van der Waals surface area contributed by atoms with E-state index in [1.54, 1.807) is 0 Å². The maximum absolute atomic E-state index is 2.56. The number of hydrogen-bond acceptors (Lipinski definition) is 2. The summed E-state index contributed by atoms with van der Waals surface area (Å²) in [4.78, 5) is 0. The van der Waals surface area contributed by atoms with Gasteiger partial charge in [0.05, 0.1) is 0 Å². The molecule has 0 saturated carbocycles. The molecule has 1 heterocycles. The van der Waals surface area contributed by atoms with Crippen LogP contribution in [0.2, 0.25) is 0 Å². The molecule has 0 aromatic heterocycles. The summed E-state index contributed by atoms with van der Waals surface area (Å²) in [5.74, 6) is 0. The predicted octanol–water partition coefficient (Wildman–Crippen LogP) is 3.30. The topological polar surface area (TPSA) is 6.48 Å². The Kier molecular flexibility index (Phi) is 5.02. The summed E-state index contributed by atoms with van der Waals surface area (Å²) in [5, 5.41) is 5.09. The Balaban J connectivity index is 1.96. The van der Waals surface area contributed by atoms with E-state index in [-0.39, 0.29) is 0 Å². The van der Waals surface area contributed by atoms with Crippen LogP contribution in [0.1, 0.15) is 38.2 Å². The van der Waals surface area contributed by atoms with Crippen LogP contribution in [0.4, 0.5) is 0 Å². The molecular weight excluding hydrogens is 208 g/mol. The fourth-order valence-electron chi connectivity index (χ4n) is 2.53. The van der Waals surface area contributed by atoms with Gasteiger partial charge in [-0.15, -0.1) is 0 Å². The van der Waals surface area contributed by atoms with Crippen LogP contribution >= 0.6 is 0 Å². The van der Waals surface area contributed by atoms with Gasteiger partial charge in [0.1, 0.15) is 0 Å². The average Bonchev–Trinajstić information content (AvgIpc) is 2.40. The standard InChI is InChI=1S/C15H24N2/c1-2-11-17(16-12-7-4-8-13-16)14-15-9-5-3-6-10-15/h3,5-6,9-10H,2,4,7-8,11-14H2,1H3. The minimum absolute atomic E-state index is 1.06. The van der Waals surface area contributed by atoms with Gasteiger partial charge in [0.25, 0.3) is 0 Å². The minimum Gasteiger partial charge on any atom is -0.241 e. The van der Waals surface area contributed by atoms with Gasteiger partial charge >= 0.3 is 0 Å². The van der Waals surface area contributed by atoms with Gasteiger partial charge in [0.15, 0.2) is 0 Å². The van der Waals surface area contributed by atoms with Crippen LogP contribution in [0, 0.1) is 0 Å². The number of benzene rings is 1. The number of piperidine rings is 1. The molecule has 0 aliphatic carbocycles. The van der Waals surface area contributed by atoms with Crippen LogP contribution in [-0.2, 0) is 6.54 Å². The van der Waals surface area contributed by atoms with Gasteiger partial charge in [-0.3, -0.25) is 0 Å². The van der Waals surface area contributed by atoms with E-state index in [1.165, 1.54) is 50.9 Å². The summed E-state index contributed by atoms with van der Waals surface area (Å²) in [6, 6.07) is 10.8. The Hall–Kier alpha value is -0.860. The third-order valence-electron chi connectivity index (χ3n) is 3.42. The smallest absolute Gasteiger partial charge is 0.0384 e. The molecular formula is C15H24N2. The molecule has 2 nitrogen and oxygen atoms in total. The van der Waals surface area contributed by atoms with E-state index < -0.39 is 0 Å². The fraction of sp³-hybridized carbons (Fsp3) is 0.600. The number of hydrazine groups is 1. The molecule has 0 unspecified atom stereocenters. The van der Waals surface area contributed by atoms with Crippen molar-refractivity contribution < 1.29 is 0 Å². The van der Waals surface area contributed by atoms with E-state index >= 15 is 0 Å². The third-order valence-corrected chi connectivity index (χ3v) is 3.42. The van der Waals surface area contributed by atoms with Crippen molar-refractivity contribution >= 4 is 0 Å². The first kappa shape index (κ1) is 12.6. The number of hydrogen-bond donors (Lipinski definition) is 0. The summed E-state index contributed by atoms with van der Waals surface area (Å²) in [7, 11) is 0. The Morgan fingerprint density at radius 2 is 1.76 bits per heavy atom. The molecule has 0 spiro atoms. The van der Waals surface area contributed by atoms with Crippen molar-refractivity contribution in [2.24, 2.45) is 0 Å². The minimum atomic E-state index is 1.06. The van der Waals surface area contributed by atoms with Crippen molar-refractivity contribution in [1.82, 2.24) is 10.0 Å². The van der Waals surface area contributed by atoms with E-state index in [0.717, 1.165) is 6.54 Å². The first-order chi connectivity index (χ1) is 8.40. The lowest BCUT2D eigenvalue weighted by atomic mass is 10.1. The molecule has 17 heavy (non-hydrogen) atoms. The largest absolute Gasteiger partial charge is 0.241 e. The lowest BCUT2D eigenvalue weighted by Crippen LogP contribution is -2.45. The van der Waals surface area contributed by atoms with Gasteiger partial charge in [0, 0.05) is 26.2 Å². The first-order valence-corrected chi connectivity index (χ1v) is 6.94. The first-order valence-electron chi connectivity index (χ1n) is 6.94. The van der Waals surface area contributed by atoms with Crippen molar-refractivity contribution in [2.45, 2.75) is 39.2 Å². The zero-order valence-corrected chi connectivity index (χ0v) is 10.9. The summed E-state index contributed by atoms with van der Waals surface area (Å²) < 4.78 is 0. The SMILES string of the molecule is CCCN(Cc1ccccc1)N1CCCCC1. The quantitative estimate of drug-likeness (QED) is 0.768. The van der Waals surface area contributed by atoms with Crippen molar-refractivity contribution in [3.8, 4) is 0 Å². The van der Waals surface area contributed by atoms with Gasteiger partial charge in [0.2, 0.25) is 0 Å². The van der Waals surface area contributed by atoms with Crippen LogP contribution in [0.5, 0.6) is 0 Å². The molecule has 1 aromatic carbocycles. The van der Waals surface area contributed by atoms with Crippen molar-refractivity contribution in [2.75, 3.05) is 19.6 Å². The van der Waals surface area contributed by atoms with E-state index in [1.807, 2.05) is 0 Å². The molecule has 1 aliphatic rings. The maximum Gasteiger partial charge on any atom is 0.0384 e. The summed E-state index contributed by atoms with van der Waals surface area (Å²) >= 11 is 0. The molecule has 1 aromatic rings. The van der Waals surface area contributed by atoms with Crippen molar-refractivity contribution in [3.63, 3.8) is 0 Å². The predicted molar refractivity (Wildman–Crippen MR) is 72.6 cm³/mol. The zero-order valence-electron chi connectivity index (χ0n) is 10.9. The maximum atomic E-state index is 2.56. The van der Waals surface area contributed by atoms with E-state index in [0.29, 0.717) is 0 Å². The summed E-state index contributed by atoms with van der Waals surface area (Å²) in [6.45, 7) is 6.99. The highest BCUT2D eigenvalue weighted by molar-refractivity contribution is 5.14. The summed E-state index contributed by atoms with van der Waals surface area (Å²) in [5.41, 5.74) is 1.42. The van der Waals surface area contributed by atoms with Crippen LogP contribution in [0.25, 0.3) is 0 Å². The molecule has 1 fully saturated rings. The average molecular weight is 232 g/mol. The molecule has 94 valence electrons. The highest BCUT2D eigenvalue weighted by Gasteiger charge is 2.17. The normalized spacial score (nSPS) is 17.5. The van der Waals surface area contributed by atoms with Crippen LogP contribution in [0.15, 0.2) is 30.3 Å². The molecule has 2 heteroatoms. The van der Waals surface area contributed by atoms with Gasteiger partial charge in [-0.05, 0) is 24.8 Å². The lowest BCUT2D eigenvalue weighted by Gasteiger charge is -2.37. The molecule has 0 atom stereocenters. The van der Waals surface area contributed by atoms with Gasteiger partial charge in [-0.1, -0.05) is 43.7 Å². The fourth-order valence-corrected chi connectivity index (χ4v) is 2.53. The second-order valence-corrected chi connectivity index (χ2v) is 4.89. The van der Waals surface area contributed by atoms with Crippen LogP contribution in [0.3, 0.4) is 0 Å². The molecule has 0 N–H and O–H groups in total. The Morgan fingerprint density at radius 3 is 2.41 bits per heavy atom. The Morgan fingerprint density at radius 1 is 1.06 bits per heavy atom. The lowest BCUT2D eigenvalue weighted by molar-refractivity contribution is -0.0467. The zero-order chi connectivity index (χ0) is 11.9. The molecule has 1 aliphatic heterocycles. The van der Waals surface area contributed by atoms with E-state index in [2.05, 4.69) is 47.3 Å². The summed E-state index contributed by atoms with van der Waals surface area (Å²) in [6.07, 6.45) is 5.34. The number of rotatable bonds is 5. The molecule has 0 radical (unpaired) electrons. The Bertz CT molecular complexity index is 304. The second kappa shape index (κ2) is 6.77. The molecule has 0 amide bonds. The Labute approximate surface area is 105 Å².